The first kappa shape index (κ1) is 33.4. The van der Waals surface area contributed by atoms with Crippen molar-refractivity contribution in [3.8, 4) is 28.7 Å². The van der Waals surface area contributed by atoms with Gasteiger partial charge in [0.1, 0.15) is 11.5 Å². The van der Waals surface area contributed by atoms with Crippen molar-refractivity contribution in [1.82, 2.24) is 10.3 Å². The van der Waals surface area contributed by atoms with Gasteiger partial charge in [-0.05, 0) is 103 Å². The van der Waals surface area contributed by atoms with Crippen molar-refractivity contribution in [3.63, 3.8) is 0 Å². The standard InChI is InChI=1S/C35H42N2O8/c1-36-19-25-12-27(16-28(39)13-25)35(21-38,18-23-5-7-30(41)33(15-23)45-3)34(43)17-31(42)26(11-24-8-9-37-20-24)10-22-4-6-29(40)32(14-22)44-2/h4-9,12-16,20,26,31,36-42H,10-11,17-19,21H2,1-3H3. The number of benzene rings is 3. The Kier molecular flexibility index (Phi) is 11.1. The summed E-state index contributed by atoms with van der Waals surface area (Å²) < 4.78 is 10.6. The number of methoxy groups -OCH3 is 2. The van der Waals surface area contributed by atoms with Crippen molar-refractivity contribution in [2.24, 2.45) is 5.92 Å². The molecular formula is C35H42N2O8. The lowest BCUT2D eigenvalue weighted by molar-refractivity contribution is -0.129. The maximum atomic E-state index is 14.5. The molecule has 10 heteroatoms. The summed E-state index contributed by atoms with van der Waals surface area (Å²) >= 11 is 0. The molecule has 1 heterocycles. The van der Waals surface area contributed by atoms with E-state index in [1.165, 1.54) is 32.4 Å². The van der Waals surface area contributed by atoms with E-state index >= 15 is 0 Å². The quantitative estimate of drug-likeness (QED) is 0.0990. The van der Waals surface area contributed by atoms with Gasteiger partial charge >= 0.3 is 0 Å². The van der Waals surface area contributed by atoms with Gasteiger partial charge < -0.3 is 45.3 Å². The maximum Gasteiger partial charge on any atom is 0.160 e. The zero-order valence-corrected chi connectivity index (χ0v) is 25.8. The molecule has 1 aromatic heterocycles. The fourth-order valence-corrected chi connectivity index (χ4v) is 5.87. The van der Waals surface area contributed by atoms with Crippen LogP contribution in [0.2, 0.25) is 0 Å². The molecule has 4 rings (SSSR count). The number of phenols is 3. The Bertz CT molecular complexity index is 1570. The van der Waals surface area contributed by atoms with E-state index < -0.39 is 29.8 Å². The van der Waals surface area contributed by atoms with Crippen LogP contribution in [0.25, 0.3) is 0 Å². The van der Waals surface area contributed by atoms with Crippen LogP contribution in [0.15, 0.2) is 73.1 Å². The van der Waals surface area contributed by atoms with Crippen LogP contribution in [-0.2, 0) is 36.0 Å². The van der Waals surface area contributed by atoms with Gasteiger partial charge in [-0.3, -0.25) is 4.79 Å². The molecule has 240 valence electrons. The summed E-state index contributed by atoms with van der Waals surface area (Å²) in [6, 6.07) is 16.4. The summed E-state index contributed by atoms with van der Waals surface area (Å²) in [5, 5.41) is 56.6. The largest absolute Gasteiger partial charge is 0.508 e. The number of rotatable bonds is 16. The van der Waals surface area contributed by atoms with Crippen LogP contribution < -0.4 is 14.8 Å². The molecule has 0 saturated carbocycles. The highest BCUT2D eigenvalue weighted by Gasteiger charge is 2.42. The smallest absolute Gasteiger partial charge is 0.160 e. The highest BCUT2D eigenvalue weighted by molar-refractivity contribution is 5.91. The van der Waals surface area contributed by atoms with Gasteiger partial charge in [0.05, 0.1) is 32.3 Å². The first-order chi connectivity index (χ1) is 21.6. The van der Waals surface area contributed by atoms with Crippen LogP contribution in [0.1, 0.15) is 34.2 Å². The third-order valence-corrected chi connectivity index (χ3v) is 8.31. The second-order valence-electron chi connectivity index (χ2n) is 11.4. The van der Waals surface area contributed by atoms with Crippen LogP contribution in [0, 0.1) is 5.92 Å². The minimum absolute atomic E-state index is 0.00140. The highest BCUT2D eigenvalue weighted by atomic mass is 16.5. The number of ketones is 1. The molecule has 0 spiro atoms. The second-order valence-corrected chi connectivity index (χ2v) is 11.4. The predicted molar refractivity (Wildman–Crippen MR) is 170 cm³/mol. The number of carbonyl (C=O) groups is 1. The monoisotopic (exact) mass is 618 g/mol. The first-order valence-corrected chi connectivity index (χ1v) is 14.8. The summed E-state index contributed by atoms with van der Waals surface area (Å²) in [7, 11) is 4.65. The van der Waals surface area contributed by atoms with Crippen LogP contribution in [-0.4, -0.2) is 70.3 Å². The number of aliphatic hydroxyl groups excluding tert-OH is 2. The molecule has 45 heavy (non-hydrogen) atoms. The van der Waals surface area contributed by atoms with Crippen LogP contribution in [0.5, 0.6) is 28.7 Å². The highest BCUT2D eigenvalue weighted by Crippen LogP contribution is 2.37. The Morgan fingerprint density at radius 2 is 1.51 bits per heavy atom. The molecule has 0 saturated heterocycles. The molecule has 7 N–H and O–H groups in total. The molecule has 3 unspecified atom stereocenters. The maximum absolute atomic E-state index is 14.5. The fourth-order valence-electron chi connectivity index (χ4n) is 5.87. The number of hydrogen-bond acceptors (Lipinski definition) is 9. The van der Waals surface area contributed by atoms with Gasteiger partial charge in [0.2, 0.25) is 0 Å². The van der Waals surface area contributed by atoms with E-state index in [1.54, 1.807) is 49.6 Å². The number of carbonyl (C=O) groups excluding carboxylic acids is 1. The van der Waals surface area contributed by atoms with Crippen molar-refractivity contribution < 1.29 is 39.8 Å². The molecule has 0 aliphatic carbocycles. The van der Waals surface area contributed by atoms with E-state index in [2.05, 4.69) is 10.3 Å². The number of ether oxygens (including phenoxy) is 2. The predicted octanol–water partition coefficient (Wildman–Crippen LogP) is 3.76. The van der Waals surface area contributed by atoms with Gasteiger partial charge in [-0.2, -0.15) is 0 Å². The average Bonchev–Trinajstić information content (AvgIpc) is 3.54. The SMILES string of the molecule is CNCc1cc(O)cc(C(CO)(Cc2ccc(O)c(OC)c2)C(=O)CC(O)C(Cc2cc[nH]c2)Cc2ccc(O)c(OC)c2)c1. The van der Waals surface area contributed by atoms with E-state index in [4.69, 9.17) is 9.47 Å². The Morgan fingerprint density at radius 3 is 2.11 bits per heavy atom. The minimum atomic E-state index is -1.54. The van der Waals surface area contributed by atoms with Crippen molar-refractivity contribution in [3.05, 3.63) is 101 Å². The Balaban J connectivity index is 1.73. The first-order valence-electron chi connectivity index (χ1n) is 14.8. The molecule has 3 aromatic carbocycles. The molecule has 0 aliphatic heterocycles. The van der Waals surface area contributed by atoms with Crippen LogP contribution >= 0.6 is 0 Å². The second kappa shape index (κ2) is 15.0. The molecular weight excluding hydrogens is 576 g/mol. The van der Waals surface area contributed by atoms with Gasteiger partial charge in [-0.15, -0.1) is 0 Å². The van der Waals surface area contributed by atoms with E-state index in [1.807, 2.05) is 12.3 Å². The van der Waals surface area contributed by atoms with Crippen molar-refractivity contribution in [2.45, 2.75) is 43.7 Å². The van der Waals surface area contributed by atoms with Crippen molar-refractivity contribution >= 4 is 5.78 Å². The summed E-state index contributed by atoms with van der Waals surface area (Å²) in [4.78, 5) is 17.5. The van der Waals surface area contributed by atoms with Gasteiger partial charge in [-0.25, -0.2) is 0 Å². The van der Waals surface area contributed by atoms with E-state index in [-0.39, 0.29) is 35.8 Å². The van der Waals surface area contributed by atoms with Gasteiger partial charge in [0, 0.05) is 25.4 Å². The fraction of sp³-hybridized carbons (Fsp3) is 0.343. The normalized spacial score (nSPS) is 14.0. The number of aromatic amines is 1. The minimum Gasteiger partial charge on any atom is -0.508 e. The number of aliphatic hydroxyl groups is 2. The van der Waals surface area contributed by atoms with Gasteiger partial charge in [0.25, 0.3) is 0 Å². The van der Waals surface area contributed by atoms with Crippen molar-refractivity contribution in [2.75, 3.05) is 27.9 Å². The lowest BCUT2D eigenvalue weighted by Crippen LogP contribution is -2.44. The van der Waals surface area contributed by atoms with E-state index in [0.717, 1.165) is 11.1 Å². The number of nitrogens with one attached hydrogen (secondary N) is 2. The molecule has 4 aromatic rings. The number of aromatic nitrogens is 1. The number of hydrogen-bond donors (Lipinski definition) is 7. The summed E-state index contributed by atoms with van der Waals surface area (Å²) in [6.07, 6.45) is 3.10. The molecule has 0 fully saturated rings. The molecule has 0 aliphatic rings. The zero-order chi connectivity index (χ0) is 32.6. The van der Waals surface area contributed by atoms with Gasteiger partial charge in [-0.1, -0.05) is 18.2 Å². The number of phenolic OH excluding ortho intramolecular Hbond substituents is 3. The summed E-state index contributed by atoms with van der Waals surface area (Å²) in [5.41, 5.74) is 1.96. The van der Waals surface area contributed by atoms with Crippen molar-refractivity contribution in [1.29, 1.82) is 0 Å². The van der Waals surface area contributed by atoms with Crippen LogP contribution in [0.4, 0.5) is 0 Å². The molecule has 0 amide bonds. The number of aromatic hydroxyl groups is 3. The number of Topliss-reactive ketones (excluding diaryl/α,β-unsaturated/α-hetero) is 1. The molecule has 0 bridgehead atoms. The Morgan fingerprint density at radius 1 is 0.867 bits per heavy atom. The lowest BCUT2D eigenvalue weighted by Gasteiger charge is -2.34. The van der Waals surface area contributed by atoms with Crippen LogP contribution in [0.3, 0.4) is 0 Å². The van der Waals surface area contributed by atoms with Gasteiger partial charge in [0.15, 0.2) is 23.0 Å². The Labute approximate surface area is 262 Å². The number of H-pyrrole nitrogens is 1. The molecule has 10 nitrogen and oxygen atoms in total. The van der Waals surface area contributed by atoms with E-state index in [9.17, 15) is 30.3 Å². The third kappa shape index (κ3) is 7.96. The third-order valence-electron chi connectivity index (χ3n) is 8.31. The molecule has 0 radical (unpaired) electrons. The lowest BCUT2D eigenvalue weighted by atomic mass is 9.70. The summed E-state index contributed by atoms with van der Waals surface area (Å²) in [6.45, 7) is -0.177. The zero-order valence-electron chi connectivity index (χ0n) is 25.8. The van der Waals surface area contributed by atoms with E-state index in [0.29, 0.717) is 41.8 Å². The topological polar surface area (TPSA) is 164 Å². The Hall–Kier alpha value is -4.51. The molecule has 3 atom stereocenters. The average molecular weight is 619 g/mol. The summed E-state index contributed by atoms with van der Waals surface area (Å²) in [5.74, 6) is -0.413.